The maximum absolute atomic E-state index is 12.5. The Hall–Kier alpha value is -2.79. The number of aromatic nitrogens is 3. The summed E-state index contributed by atoms with van der Waals surface area (Å²) in [6.45, 7) is 3.44. The van der Waals surface area contributed by atoms with Gasteiger partial charge in [0, 0.05) is 11.9 Å². The molecule has 7 nitrogen and oxygen atoms in total. The minimum absolute atomic E-state index is 0.127. The van der Waals surface area contributed by atoms with Gasteiger partial charge in [-0.1, -0.05) is 31.3 Å². The Labute approximate surface area is 167 Å². The Morgan fingerprint density at radius 2 is 2.25 bits per heavy atom. The SMILES string of the molecule is C#CC1(NC(=O)Cn2nc(-c3cccnc3SCC=C)oc2=O)CCCCC1. The first-order chi connectivity index (χ1) is 13.6. The molecule has 0 spiro atoms. The van der Waals surface area contributed by atoms with Crippen LogP contribution in [0.1, 0.15) is 32.1 Å². The average molecular weight is 398 g/mol. The van der Waals surface area contributed by atoms with Gasteiger partial charge in [0.1, 0.15) is 17.1 Å². The molecular weight excluding hydrogens is 376 g/mol. The Bertz CT molecular complexity index is 951. The van der Waals surface area contributed by atoms with Crippen LogP contribution >= 0.6 is 11.8 Å². The molecule has 1 fully saturated rings. The van der Waals surface area contributed by atoms with Gasteiger partial charge < -0.3 is 9.73 Å². The van der Waals surface area contributed by atoms with Gasteiger partial charge in [-0.25, -0.2) is 9.78 Å². The van der Waals surface area contributed by atoms with E-state index in [-0.39, 0.29) is 18.3 Å². The van der Waals surface area contributed by atoms with Gasteiger partial charge >= 0.3 is 5.76 Å². The van der Waals surface area contributed by atoms with E-state index in [1.165, 1.54) is 11.8 Å². The molecule has 3 rings (SSSR count). The third kappa shape index (κ3) is 4.54. The Morgan fingerprint density at radius 1 is 1.46 bits per heavy atom. The predicted molar refractivity (Wildman–Crippen MR) is 108 cm³/mol. The molecule has 1 amide bonds. The van der Waals surface area contributed by atoms with E-state index in [1.807, 2.05) is 0 Å². The van der Waals surface area contributed by atoms with Gasteiger partial charge in [0.25, 0.3) is 5.89 Å². The molecule has 0 atom stereocenters. The highest BCUT2D eigenvalue weighted by atomic mass is 32.2. The summed E-state index contributed by atoms with van der Waals surface area (Å²) >= 11 is 1.45. The van der Waals surface area contributed by atoms with Crippen LogP contribution < -0.4 is 11.1 Å². The molecule has 2 aromatic heterocycles. The molecule has 0 bridgehead atoms. The summed E-state index contributed by atoms with van der Waals surface area (Å²) in [4.78, 5) is 29.0. The fourth-order valence-corrected chi connectivity index (χ4v) is 3.95. The number of pyridine rings is 1. The van der Waals surface area contributed by atoms with Crippen LogP contribution in [0.15, 0.2) is 45.2 Å². The lowest BCUT2D eigenvalue weighted by molar-refractivity contribution is -0.123. The predicted octanol–water partition coefficient (Wildman–Crippen LogP) is 2.63. The zero-order chi connectivity index (χ0) is 20.0. The third-order valence-corrected chi connectivity index (χ3v) is 5.60. The van der Waals surface area contributed by atoms with Gasteiger partial charge in [0.15, 0.2) is 0 Å². The third-order valence-electron chi connectivity index (χ3n) is 4.60. The second-order valence-electron chi connectivity index (χ2n) is 6.62. The minimum Gasteiger partial charge on any atom is -0.387 e. The summed E-state index contributed by atoms with van der Waals surface area (Å²) in [6, 6.07) is 3.50. The molecule has 0 saturated heterocycles. The highest BCUT2D eigenvalue weighted by molar-refractivity contribution is 7.99. The van der Waals surface area contributed by atoms with E-state index in [0.717, 1.165) is 36.8 Å². The van der Waals surface area contributed by atoms with Crippen molar-refractivity contribution in [3.05, 3.63) is 41.5 Å². The topological polar surface area (TPSA) is 90.0 Å². The second kappa shape index (κ2) is 8.93. The van der Waals surface area contributed by atoms with Crippen LogP contribution in [0.4, 0.5) is 0 Å². The monoisotopic (exact) mass is 398 g/mol. The standard InChI is InChI=1S/C20H22N4O3S/c1-3-13-28-18-15(9-8-12-21-18)17-23-24(19(26)27-17)14-16(25)22-20(4-2)10-6-5-7-11-20/h2-3,8-9,12H,1,5-7,10-11,13-14H2,(H,22,25). The molecule has 2 aromatic rings. The molecule has 146 valence electrons. The number of terminal acetylenes is 1. The van der Waals surface area contributed by atoms with Crippen molar-refractivity contribution in [2.75, 3.05) is 5.75 Å². The number of carbonyl (C=O) groups is 1. The number of hydrogen-bond donors (Lipinski definition) is 1. The highest BCUT2D eigenvalue weighted by Crippen LogP contribution is 2.28. The van der Waals surface area contributed by atoms with Crippen molar-refractivity contribution >= 4 is 17.7 Å². The summed E-state index contributed by atoms with van der Waals surface area (Å²) in [5.41, 5.74) is -0.0402. The van der Waals surface area contributed by atoms with Crippen LogP contribution in [-0.4, -0.2) is 32.0 Å². The number of thioether (sulfide) groups is 1. The maximum atomic E-state index is 12.5. The normalized spacial score (nSPS) is 15.5. The largest absolute Gasteiger partial charge is 0.437 e. The quantitative estimate of drug-likeness (QED) is 0.438. The molecule has 2 heterocycles. The summed E-state index contributed by atoms with van der Waals surface area (Å²) in [5.74, 6) is 2.46. The first-order valence-electron chi connectivity index (χ1n) is 9.13. The number of nitrogens with one attached hydrogen (secondary N) is 1. The van der Waals surface area contributed by atoms with E-state index in [2.05, 4.69) is 27.9 Å². The van der Waals surface area contributed by atoms with Crippen LogP contribution in [0, 0.1) is 12.3 Å². The number of amides is 1. The van der Waals surface area contributed by atoms with E-state index < -0.39 is 11.3 Å². The number of nitrogens with zero attached hydrogens (tertiary/aromatic N) is 3. The zero-order valence-electron chi connectivity index (χ0n) is 15.5. The van der Waals surface area contributed by atoms with Crippen LogP contribution in [-0.2, 0) is 11.3 Å². The molecule has 28 heavy (non-hydrogen) atoms. The van der Waals surface area contributed by atoms with Crippen LogP contribution in [0.25, 0.3) is 11.5 Å². The lowest BCUT2D eigenvalue weighted by atomic mass is 9.82. The Morgan fingerprint density at radius 3 is 2.96 bits per heavy atom. The summed E-state index contributed by atoms with van der Waals surface area (Å²) in [7, 11) is 0. The van der Waals surface area contributed by atoms with Crippen molar-refractivity contribution in [1.29, 1.82) is 0 Å². The fourth-order valence-electron chi connectivity index (χ4n) is 3.22. The average Bonchev–Trinajstić information content (AvgIpc) is 3.07. The first kappa shape index (κ1) is 20.0. The molecule has 0 radical (unpaired) electrons. The van der Waals surface area contributed by atoms with Crippen LogP contribution in [0.2, 0.25) is 0 Å². The lowest BCUT2D eigenvalue weighted by Gasteiger charge is -2.33. The highest BCUT2D eigenvalue weighted by Gasteiger charge is 2.31. The Kier molecular flexibility index (Phi) is 6.37. The summed E-state index contributed by atoms with van der Waals surface area (Å²) in [6.07, 6.45) is 13.6. The summed E-state index contributed by atoms with van der Waals surface area (Å²) in [5, 5.41) is 7.75. The van der Waals surface area contributed by atoms with E-state index in [4.69, 9.17) is 10.8 Å². The molecule has 8 heteroatoms. The number of carbonyl (C=O) groups excluding carboxylic acids is 1. The lowest BCUT2D eigenvalue weighted by Crippen LogP contribution is -2.50. The van der Waals surface area contributed by atoms with Crippen molar-refractivity contribution in [2.24, 2.45) is 0 Å². The van der Waals surface area contributed by atoms with Gasteiger partial charge in [-0.3, -0.25) is 4.79 Å². The summed E-state index contributed by atoms with van der Waals surface area (Å²) < 4.78 is 6.27. The second-order valence-corrected chi connectivity index (χ2v) is 7.63. The number of rotatable bonds is 7. The zero-order valence-corrected chi connectivity index (χ0v) is 16.3. The molecule has 0 aromatic carbocycles. The van der Waals surface area contributed by atoms with Crippen molar-refractivity contribution in [3.63, 3.8) is 0 Å². The van der Waals surface area contributed by atoms with Gasteiger partial charge in [-0.15, -0.1) is 29.9 Å². The first-order valence-corrected chi connectivity index (χ1v) is 10.1. The van der Waals surface area contributed by atoms with Crippen LogP contribution in [0.5, 0.6) is 0 Å². The van der Waals surface area contributed by atoms with Gasteiger partial charge in [0.2, 0.25) is 5.91 Å². The van der Waals surface area contributed by atoms with Crippen molar-refractivity contribution in [1.82, 2.24) is 20.1 Å². The minimum atomic E-state index is -0.702. The van der Waals surface area contributed by atoms with Crippen molar-refractivity contribution < 1.29 is 9.21 Å². The van der Waals surface area contributed by atoms with Gasteiger partial charge in [-0.05, 0) is 25.0 Å². The molecule has 1 aliphatic rings. The molecule has 1 aliphatic carbocycles. The van der Waals surface area contributed by atoms with E-state index in [1.54, 1.807) is 24.4 Å². The smallest absolute Gasteiger partial charge is 0.387 e. The molecule has 0 aliphatic heterocycles. The van der Waals surface area contributed by atoms with E-state index >= 15 is 0 Å². The van der Waals surface area contributed by atoms with Gasteiger partial charge in [0.05, 0.1) is 5.56 Å². The molecule has 1 saturated carbocycles. The van der Waals surface area contributed by atoms with E-state index in [0.29, 0.717) is 16.3 Å². The molecule has 1 N–H and O–H groups in total. The van der Waals surface area contributed by atoms with Crippen molar-refractivity contribution in [2.45, 2.75) is 49.2 Å². The molecule has 0 unspecified atom stereocenters. The fraction of sp³-hybridized carbons (Fsp3) is 0.400. The maximum Gasteiger partial charge on any atom is 0.437 e. The molecular formula is C20H22N4O3S. The van der Waals surface area contributed by atoms with E-state index in [9.17, 15) is 9.59 Å². The van der Waals surface area contributed by atoms with Gasteiger partial charge in [-0.2, -0.15) is 4.68 Å². The number of hydrogen-bond acceptors (Lipinski definition) is 6. The Balaban J connectivity index is 1.76. The van der Waals surface area contributed by atoms with Crippen molar-refractivity contribution in [3.8, 4) is 23.8 Å². The van der Waals surface area contributed by atoms with Crippen LogP contribution in [0.3, 0.4) is 0 Å².